The van der Waals surface area contributed by atoms with E-state index >= 15 is 0 Å². The van der Waals surface area contributed by atoms with Gasteiger partial charge in [-0.25, -0.2) is 0 Å². The molecule has 0 aliphatic carbocycles. The second-order valence-corrected chi connectivity index (χ2v) is 10.8. The Balaban J connectivity index is 1.27. The molecular weight excluding hydrogens is 508 g/mol. The van der Waals surface area contributed by atoms with Gasteiger partial charge in [-0.1, -0.05) is 25.4 Å². The molecule has 2 fully saturated rings. The fraction of sp³-hybridized carbons (Fsp3) is 0.444. The fourth-order valence-electron chi connectivity index (χ4n) is 5.00. The molecule has 0 amide bonds. The van der Waals surface area contributed by atoms with E-state index in [0.29, 0.717) is 47.7 Å². The molecule has 0 bridgehead atoms. The Kier molecular flexibility index (Phi) is 8.12. The topological polar surface area (TPSA) is 78.7 Å². The van der Waals surface area contributed by atoms with Gasteiger partial charge in [0.2, 0.25) is 5.95 Å². The van der Waals surface area contributed by atoms with Gasteiger partial charge in [-0.05, 0) is 66.9 Å². The molecule has 4 heterocycles. The fourth-order valence-corrected chi connectivity index (χ4v) is 5.29. The number of halogens is 1. The van der Waals surface area contributed by atoms with Crippen molar-refractivity contribution in [1.82, 2.24) is 15.3 Å². The zero-order valence-corrected chi connectivity index (χ0v) is 22.8. The molecule has 10 heteroatoms. The number of aromatic nitrogens is 2. The third-order valence-electron chi connectivity index (χ3n) is 6.67. The van der Waals surface area contributed by atoms with E-state index in [-0.39, 0.29) is 0 Å². The van der Waals surface area contributed by atoms with Crippen LogP contribution >= 0.6 is 23.8 Å². The van der Waals surface area contributed by atoms with Crippen LogP contribution in [0.5, 0.6) is 0 Å². The van der Waals surface area contributed by atoms with Crippen LogP contribution in [0.1, 0.15) is 26.0 Å². The molecule has 2 aliphatic rings. The summed E-state index contributed by atoms with van der Waals surface area (Å²) in [6.07, 6.45) is 1.24. The Morgan fingerprint density at radius 2 is 1.68 bits per heavy atom. The van der Waals surface area contributed by atoms with Gasteiger partial charge in [0, 0.05) is 42.8 Å². The molecule has 2 aromatic heterocycles. The smallest absolute Gasteiger partial charge is 0.232 e. The van der Waals surface area contributed by atoms with Crippen molar-refractivity contribution in [2.75, 3.05) is 54.5 Å². The van der Waals surface area contributed by atoms with Crippen molar-refractivity contribution in [3.63, 3.8) is 0 Å². The van der Waals surface area contributed by atoms with Crippen molar-refractivity contribution in [2.24, 2.45) is 11.8 Å². The standard InChI is InChI=1S/C27H33ClN6O2S/c1-18-13-19(2)17-34(16-18)25-14-24(33-9-11-35-12-10-33)30-26(31-25)32-27(37)29-15-22-7-8-23(36-22)20-3-5-21(28)6-4-20/h3-8,14,18-19H,9-13,15-17H2,1-2H3,(H2,29,30,31,32,37)/t18-,19+. The summed E-state index contributed by atoms with van der Waals surface area (Å²) in [7, 11) is 0. The lowest BCUT2D eigenvalue weighted by Crippen LogP contribution is -2.40. The lowest BCUT2D eigenvalue weighted by molar-refractivity contribution is 0.122. The van der Waals surface area contributed by atoms with E-state index in [0.717, 1.165) is 54.9 Å². The number of thiocarbonyl (C=S) groups is 1. The summed E-state index contributed by atoms with van der Waals surface area (Å²) in [6, 6.07) is 13.5. The zero-order valence-electron chi connectivity index (χ0n) is 21.2. The Morgan fingerprint density at radius 3 is 2.38 bits per heavy atom. The van der Waals surface area contributed by atoms with Crippen LogP contribution in [0.2, 0.25) is 5.02 Å². The van der Waals surface area contributed by atoms with Gasteiger partial charge in [-0.3, -0.25) is 0 Å². The quantitative estimate of drug-likeness (QED) is 0.410. The third-order valence-corrected chi connectivity index (χ3v) is 7.16. The van der Waals surface area contributed by atoms with Gasteiger partial charge in [0.05, 0.1) is 19.8 Å². The average Bonchev–Trinajstić information content (AvgIpc) is 3.37. The number of rotatable bonds is 6. The molecule has 37 heavy (non-hydrogen) atoms. The second kappa shape index (κ2) is 11.7. The number of benzene rings is 1. The number of hydrogen-bond acceptors (Lipinski definition) is 7. The Bertz CT molecular complexity index is 1200. The van der Waals surface area contributed by atoms with Crippen LogP contribution in [0.15, 0.2) is 46.9 Å². The number of morpholine rings is 1. The van der Waals surface area contributed by atoms with E-state index in [4.69, 9.17) is 42.9 Å². The zero-order chi connectivity index (χ0) is 25.8. The third kappa shape index (κ3) is 6.71. The molecule has 2 aliphatic heterocycles. The number of piperidine rings is 1. The van der Waals surface area contributed by atoms with Crippen molar-refractivity contribution < 1.29 is 9.15 Å². The number of anilines is 3. The highest BCUT2D eigenvalue weighted by Gasteiger charge is 2.25. The van der Waals surface area contributed by atoms with E-state index in [1.807, 2.05) is 36.4 Å². The molecule has 196 valence electrons. The lowest BCUT2D eigenvalue weighted by atomic mass is 9.92. The van der Waals surface area contributed by atoms with Crippen LogP contribution in [-0.4, -0.2) is 54.5 Å². The van der Waals surface area contributed by atoms with Gasteiger partial charge in [0.1, 0.15) is 23.2 Å². The van der Waals surface area contributed by atoms with Gasteiger partial charge in [0.25, 0.3) is 0 Å². The first-order valence-electron chi connectivity index (χ1n) is 12.8. The molecular formula is C27H33ClN6O2S. The first-order chi connectivity index (χ1) is 17.9. The van der Waals surface area contributed by atoms with Gasteiger partial charge in [0.15, 0.2) is 5.11 Å². The monoisotopic (exact) mass is 540 g/mol. The van der Waals surface area contributed by atoms with Crippen LogP contribution in [0.4, 0.5) is 17.6 Å². The van der Waals surface area contributed by atoms with Gasteiger partial charge in [-0.2, -0.15) is 9.97 Å². The van der Waals surface area contributed by atoms with Crippen LogP contribution in [0, 0.1) is 11.8 Å². The number of nitrogens with zero attached hydrogens (tertiary/aromatic N) is 4. The highest BCUT2D eigenvalue weighted by atomic mass is 35.5. The normalized spacial score (nSPS) is 20.1. The molecule has 2 saturated heterocycles. The predicted molar refractivity (Wildman–Crippen MR) is 152 cm³/mol. The van der Waals surface area contributed by atoms with Gasteiger partial charge < -0.3 is 29.6 Å². The van der Waals surface area contributed by atoms with E-state index in [1.54, 1.807) is 0 Å². The highest BCUT2D eigenvalue weighted by Crippen LogP contribution is 2.28. The van der Waals surface area contributed by atoms with Crippen LogP contribution in [0.25, 0.3) is 11.3 Å². The molecule has 2 atom stereocenters. The Hall–Kier alpha value is -2.88. The van der Waals surface area contributed by atoms with Crippen LogP contribution in [0.3, 0.4) is 0 Å². The van der Waals surface area contributed by atoms with Crippen molar-refractivity contribution in [3.05, 3.63) is 53.2 Å². The number of hydrogen-bond donors (Lipinski definition) is 2. The Morgan fingerprint density at radius 1 is 1.00 bits per heavy atom. The van der Waals surface area contributed by atoms with E-state index in [2.05, 4.69) is 40.3 Å². The minimum atomic E-state index is 0.440. The number of nitrogens with one attached hydrogen (secondary N) is 2. The maximum absolute atomic E-state index is 5.99. The molecule has 0 unspecified atom stereocenters. The van der Waals surface area contributed by atoms with Gasteiger partial charge in [-0.15, -0.1) is 0 Å². The Labute approximate surface area is 228 Å². The molecule has 3 aromatic rings. The van der Waals surface area contributed by atoms with E-state index in [1.165, 1.54) is 6.42 Å². The molecule has 0 saturated carbocycles. The maximum Gasteiger partial charge on any atom is 0.232 e. The molecule has 2 N–H and O–H groups in total. The summed E-state index contributed by atoms with van der Waals surface area (Å²) in [5.74, 6) is 5.11. The van der Waals surface area contributed by atoms with Crippen molar-refractivity contribution >= 4 is 46.5 Å². The predicted octanol–water partition coefficient (Wildman–Crippen LogP) is 5.20. The second-order valence-electron chi connectivity index (χ2n) is 9.94. The summed E-state index contributed by atoms with van der Waals surface area (Å²) in [5.41, 5.74) is 0.971. The minimum absolute atomic E-state index is 0.440. The first-order valence-corrected chi connectivity index (χ1v) is 13.6. The first kappa shape index (κ1) is 25.8. The highest BCUT2D eigenvalue weighted by molar-refractivity contribution is 7.80. The molecule has 0 radical (unpaired) electrons. The van der Waals surface area contributed by atoms with Crippen molar-refractivity contribution in [2.45, 2.75) is 26.8 Å². The molecule has 1 aromatic carbocycles. The number of ether oxygens (including phenoxy) is 1. The summed E-state index contributed by atoms with van der Waals surface area (Å²) in [4.78, 5) is 14.3. The van der Waals surface area contributed by atoms with Crippen LogP contribution < -0.4 is 20.4 Å². The average molecular weight is 541 g/mol. The SMILES string of the molecule is C[C@@H]1C[C@H](C)CN(c2cc(N3CCOCC3)nc(NC(=S)NCc3ccc(-c4ccc(Cl)cc4)o3)n2)C1. The van der Waals surface area contributed by atoms with Crippen molar-refractivity contribution in [3.8, 4) is 11.3 Å². The summed E-state index contributed by atoms with van der Waals surface area (Å²) < 4.78 is 11.5. The van der Waals surface area contributed by atoms with Crippen LogP contribution in [-0.2, 0) is 11.3 Å². The van der Waals surface area contributed by atoms with E-state index < -0.39 is 0 Å². The van der Waals surface area contributed by atoms with E-state index in [9.17, 15) is 0 Å². The molecule has 8 nitrogen and oxygen atoms in total. The molecule has 5 rings (SSSR count). The molecule has 0 spiro atoms. The van der Waals surface area contributed by atoms with Gasteiger partial charge >= 0.3 is 0 Å². The lowest BCUT2D eigenvalue weighted by Gasteiger charge is -2.36. The summed E-state index contributed by atoms with van der Waals surface area (Å²) >= 11 is 11.6. The maximum atomic E-state index is 5.99. The van der Waals surface area contributed by atoms with Crippen molar-refractivity contribution in [1.29, 1.82) is 0 Å². The summed E-state index contributed by atoms with van der Waals surface area (Å²) in [5, 5.41) is 7.54. The minimum Gasteiger partial charge on any atom is -0.459 e. The largest absolute Gasteiger partial charge is 0.459 e. The summed E-state index contributed by atoms with van der Waals surface area (Å²) in [6.45, 7) is 10.0. The number of furan rings is 1.